The molecule has 1 saturated heterocycles. The van der Waals surface area contributed by atoms with Crippen molar-refractivity contribution in [1.82, 2.24) is 15.2 Å². The van der Waals surface area contributed by atoms with Crippen LogP contribution in [0.5, 0.6) is 0 Å². The van der Waals surface area contributed by atoms with E-state index in [0.29, 0.717) is 37.7 Å². The van der Waals surface area contributed by atoms with Crippen LogP contribution >= 0.6 is 0 Å². The Hall–Kier alpha value is -2.88. The fraction of sp³-hybridized carbons (Fsp3) is 0.542. The smallest absolute Gasteiger partial charge is 0.266 e. The van der Waals surface area contributed by atoms with Crippen molar-refractivity contribution >= 4 is 17.6 Å². The summed E-state index contributed by atoms with van der Waals surface area (Å²) < 4.78 is 40.8. The van der Waals surface area contributed by atoms with E-state index in [2.05, 4.69) is 15.4 Å². The Morgan fingerprint density at radius 2 is 1.97 bits per heavy atom. The maximum atomic E-state index is 14.6. The van der Waals surface area contributed by atoms with E-state index in [9.17, 15) is 23.1 Å². The molecule has 34 heavy (non-hydrogen) atoms. The van der Waals surface area contributed by atoms with Gasteiger partial charge in [-0.3, -0.25) is 9.79 Å². The zero-order chi connectivity index (χ0) is 24.8. The van der Waals surface area contributed by atoms with E-state index in [4.69, 9.17) is 0 Å². The highest BCUT2D eigenvalue weighted by atomic mass is 19.3. The monoisotopic (exact) mass is 477 g/mol. The number of hydrogen-bond acceptors (Lipinski definition) is 6. The van der Waals surface area contributed by atoms with Crippen molar-refractivity contribution in [1.29, 1.82) is 0 Å². The normalized spacial score (nSPS) is 27.7. The predicted octanol–water partition coefficient (Wildman–Crippen LogP) is 3.39. The average Bonchev–Trinajstić information content (AvgIpc) is 3.14. The number of amides is 1. The topological polar surface area (TPSA) is 80.5 Å². The fourth-order valence-corrected chi connectivity index (χ4v) is 4.48. The van der Waals surface area contributed by atoms with Gasteiger partial charge >= 0.3 is 0 Å². The van der Waals surface area contributed by atoms with Gasteiger partial charge in [-0.1, -0.05) is 25.1 Å². The summed E-state index contributed by atoms with van der Waals surface area (Å²) in [5.74, 6) is -0.476. The number of likely N-dealkylation sites (tertiary alicyclic amines) is 1. The first-order chi connectivity index (χ1) is 16.0. The van der Waals surface area contributed by atoms with Crippen LogP contribution in [0.4, 0.5) is 13.2 Å². The summed E-state index contributed by atoms with van der Waals surface area (Å²) in [5, 5.41) is 19.6. The maximum Gasteiger partial charge on any atom is 0.266 e. The van der Waals surface area contributed by atoms with Crippen molar-refractivity contribution in [2.24, 2.45) is 16.0 Å². The van der Waals surface area contributed by atoms with Gasteiger partial charge in [0.25, 0.3) is 12.3 Å². The van der Waals surface area contributed by atoms with E-state index < -0.39 is 35.4 Å². The Morgan fingerprint density at radius 1 is 1.26 bits per heavy atom. The van der Waals surface area contributed by atoms with E-state index >= 15 is 0 Å². The summed E-state index contributed by atoms with van der Waals surface area (Å²) in [4.78, 5) is 19.9. The number of carbonyl (C=O) groups excluding carboxylic acids is 1. The minimum absolute atomic E-state index is 0.00676. The molecule has 1 amide bonds. The SMILES string of the molecule is C[C@@H]1CN2N=C(N3CC[C@@](C)(O)[C@H](C)C3)C=C(C(=O)N[C@H](C)c3cccc(C(F)F)c3F)C2=N1. The highest BCUT2D eigenvalue weighted by molar-refractivity contribution is 6.25. The quantitative estimate of drug-likeness (QED) is 0.697. The number of aliphatic imine (C=N–C) groups is 1. The van der Waals surface area contributed by atoms with Gasteiger partial charge in [-0.15, -0.1) is 0 Å². The lowest BCUT2D eigenvalue weighted by atomic mass is 9.84. The average molecular weight is 478 g/mol. The Bertz CT molecular complexity index is 1070. The number of amidine groups is 2. The van der Waals surface area contributed by atoms with Crippen LogP contribution in [-0.4, -0.2) is 63.9 Å². The van der Waals surface area contributed by atoms with Gasteiger partial charge in [-0.05, 0) is 33.3 Å². The molecular weight excluding hydrogens is 447 g/mol. The van der Waals surface area contributed by atoms with Crippen LogP contribution in [0, 0.1) is 11.7 Å². The van der Waals surface area contributed by atoms with Gasteiger partial charge in [0.15, 0.2) is 5.84 Å². The molecule has 7 nitrogen and oxygen atoms in total. The van der Waals surface area contributed by atoms with Gasteiger partial charge in [0.2, 0.25) is 0 Å². The van der Waals surface area contributed by atoms with Crippen LogP contribution in [0.3, 0.4) is 0 Å². The van der Waals surface area contributed by atoms with Crippen molar-refractivity contribution in [3.63, 3.8) is 0 Å². The molecule has 10 heteroatoms. The number of aliphatic hydroxyl groups is 1. The van der Waals surface area contributed by atoms with E-state index in [0.717, 1.165) is 6.07 Å². The lowest BCUT2D eigenvalue weighted by Gasteiger charge is -2.42. The number of piperidine rings is 1. The van der Waals surface area contributed by atoms with Crippen molar-refractivity contribution in [3.8, 4) is 0 Å². The van der Waals surface area contributed by atoms with Gasteiger partial charge in [0.05, 0.1) is 35.4 Å². The summed E-state index contributed by atoms with van der Waals surface area (Å²) >= 11 is 0. The molecule has 4 atom stereocenters. The molecule has 0 spiro atoms. The van der Waals surface area contributed by atoms with Crippen LogP contribution in [0.15, 0.2) is 39.9 Å². The number of halogens is 3. The van der Waals surface area contributed by atoms with Gasteiger partial charge < -0.3 is 15.3 Å². The molecule has 3 aliphatic heterocycles. The molecule has 3 heterocycles. The summed E-state index contributed by atoms with van der Waals surface area (Å²) in [5.41, 5.74) is -1.18. The number of nitrogens with zero attached hydrogens (tertiary/aromatic N) is 4. The first-order valence-corrected chi connectivity index (χ1v) is 11.5. The largest absolute Gasteiger partial charge is 0.390 e. The second kappa shape index (κ2) is 9.05. The maximum absolute atomic E-state index is 14.6. The molecule has 184 valence electrons. The summed E-state index contributed by atoms with van der Waals surface area (Å²) in [7, 11) is 0. The number of alkyl halides is 2. The molecule has 0 bridgehead atoms. The molecule has 0 aromatic heterocycles. The number of carbonyl (C=O) groups is 1. The molecule has 1 aromatic rings. The second-order valence-corrected chi connectivity index (χ2v) is 9.60. The zero-order valence-corrected chi connectivity index (χ0v) is 19.7. The van der Waals surface area contributed by atoms with Crippen LogP contribution in [0.25, 0.3) is 0 Å². The highest BCUT2D eigenvalue weighted by Gasteiger charge is 2.38. The Morgan fingerprint density at radius 3 is 2.65 bits per heavy atom. The predicted molar refractivity (Wildman–Crippen MR) is 123 cm³/mol. The number of hydrazone groups is 1. The summed E-state index contributed by atoms with van der Waals surface area (Å²) in [6, 6.07) is 2.87. The number of hydrogen-bond donors (Lipinski definition) is 2. The van der Waals surface area contributed by atoms with Crippen LogP contribution in [0.1, 0.15) is 57.7 Å². The highest BCUT2D eigenvalue weighted by Crippen LogP contribution is 2.30. The summed E-state index contributed by atoms with van der Waals surface area (Å²) in [6.45, 7) is 8.95. The molecule has 3 aliphatic rings. The molecule has 0 unspecified atom stereocenters. The summed E-state index contributed by atoms with van der Waals surface area (Å²) in [6.07, 6.45) is -0.719. The van der Waals surface area contributed by atoms with Crippen molar-refractivity contribution in [2.75, 3.05) is 19.6 Å². The first kappa shape index (κ1) is 24.3. The van der Waals surface area contributed by atoms with Crippen LogP contribution < -0.4 is 5.32 Å². The number of nitrogens with one attached hydrogen (secondary N) is 1. The standard InChI is InChI=1S/C24H30F3N5O2/c1-13-11-31(9-8-24(13,4)34)19-10-18(22-28-14(2)12-32(22)30-19)23(33)29-15(3)16-6-5-7-17(20(16)25)21(26)27/h5-7,10,13-15,21,34H,8-9,11-12H2,1-4H3,(H,29,33)/t13-,14-,15-,24-/m1/s1. The number of fused-ring (bicyclic) bond motifs is 1. The van der Waals surface area contributed by atoms with Crippen molar-refractivity contribution in [2.45, 2.75) is 58.2 Å². The molecule has 2 N–H and O–H groups in total. The van der Waals surface area contributed by atoms with E-state index in [-0.39, 0.29) is 23.1 Å². The third-order valence-corrected chi connectivity index (χ3v) is 6.88. The lowest BCUT2D eigenvalue weighted by Crippen LogP contribution is -2.52. The minimum Gasteiger partial charge on any atom is -0.390 e. The molecule has 0 radical (unpaired) electrons. The lowest BCUT2D eigenvalue weighted by molar-refractivity contribution is -0.117. The second-order valence-electron chi connectivity index (χ2n) is 9.60. The van der Waals surface area contributed by atoms with Gasteiger partial charge in [0, 0.05) is 24.6 Å². The van der Waals surface area contributed by atoms with Crippen LogP contribution in [-0.2, 0) is 4.79 Å². The molecule has 4 rings (SSSR count). The Balaban J connectivity index is 1.59. The first-order valence-electron chi connectivity index (χ1n) is 11.5. The fourth-order valence-electron chi connectivity index (χ4n) is 4.48. The van der Waals surface area contributed by atoms with Crippen molar-refractivity contribution < 1.29 is 23.1 Å². The Labute approximate surface area is 197 Å². The van der Waals surface area contributed by atoms with Crippen molar-refractivity contribution in [3.05, 3.63) is 46.8 Å². The minimum atomic E-state index is -2.95. The van der Waals surface area contributed by atoms with E-state index in [1.807, 2.05) is 25.7 Å². The van der Waals surface area contributed by atoms with Gasteiger partial charge in [-0.25, -0.2) is 18.2 Å². The van der Waals surface area contributed by atoms with Gasteiger partial charge in [0.1, 0.15) is 11.7 Å². The van der Waals surface area contributed by atoms with Crippen LogP contribution in [0.2, 0.25) is 0 Å². The Kier molecular flexibility index (Phi) is 6.46. The van der Waals surface area contributed by atoms with E-state index in [1.165, 1.54) is 12.1 Å². The molecule has 0 aliphatic carbocycles. The van der Waals surface area contributed by atoms with E-state index in [1.54, 1.807) is 18.0 Å². The molecular formula is C24H30F3N5O2. The number of rotatable bonds is 4. The molecule has 1 aromatic carbocycles. The third kappa shape index (κ3) is 4.55. The molecule has 1 fully saturated rings. The number of benzene rings is 1. The van der Waals surface area contributed by atoms with Gasteiger partial charge in [-0.2, -0.15) is 5.10 Å². The zero-order valence-electron chi connectivity index (χ0n) is 19.7. The molecule has 0 saturated carbocycles. The third-order valence-electron chi connectivity index (χ3n) is 6.88.